The van der Waals surface area contributed by atoms with Crippen LogP contribution in [0.25, 0.3) is 0 Å². The molecule has 3 nitrogen and oxygen atoms in total. The van der Waals surface area contributed by atoms with Crippen LogP contribution in [0, 0.1) is 11.6 Å². The number of nitrogens with one attached hydrogen (secondary N) is 1. The third-order valence-corrected chi connectivity index (χ3v) is 4.19. The van der Waals surface area contributed by atoms with E-state index in [9.17, 15) is 8.78 Å². The first-order valence-electron chi connectivity index (χ1n) is 7.44. The molecule has 5 heteroatoms. The summed E-state index contributed by atoms with van der Waals surface area (Å²) in [5.74, 6) is -1.06. The van der Waals surface area contributed by atoms with Crippen molar-refractivity contribution in [1.29, 1.82) is 0 Å². The molecule has 118 valence electrons. The highest BCUT2D eigenvalue weighted by Gasteiger charge is 2.40. The molecule has 2 rings (SSSR count). The Kier molecular flexibility index (Phi) is 5.67. The molecule has 1 aromatic rings. The number of rotatable bonds is 6. The van der Waals surface area contributed by atoms with E-state index in [1.54, 1.807) is 0 Å². The number of hydrogen-bond acceptors (Lipinski definition) is 3. The third-order valence-electron chi connectivity index (χ3n) is 4.19. The molecular formula is C16H23F2NO2. The Balaban J connectivity index is 2.20. The monoisotopic (exact) mass is 299 g/mol. The molecule has 21 heavy (non-hydrogen) atoms. The van der Waals surface area contributed by atoms with E-state index in [-0.39, 0.29) is 11.6 Å². The summed E-state index contributed by atoms with van der Waals surface area (Å²) in [4.78, 5) is 0. The van der Waals surface area contributed by atoms with Crippen LogP contribution < -0.4 is 5.32 Å². The van der Waals surface area contributed by atoms with Crippen molar-refractivity contribution >= 4 is 0 Å². The summed E-state index contributed by atoms with van der Waals surface area (Å²) in [6.07, 6.45) is 2.01. The minimum absolute atomic E-state index is 0.0405. The summed E-state index contributed by atoms with van der Waals surface area (Å²) >= 11 is 0. The van der Waals surface area contributed by atoms with Crippen molar-refractivity contribution in [1.82, 2.24) is 5.32 Å². The van der Waals surface area contributed by atoms with Gasteiger partial charge in [-0.3, -0.25) is 0 Å². The topological polar surface area (TPSA) is 30.5 Å². The molecule has 0 radical (unpaired) electrons. The lowest BCUT2D eigenvalue weighted by Crippen LogP contribution is -2.55. The maximum atomic E-state index is 13.9. The molecule has 1 heterocycles. The normalized spacial score (nSPS) is 19.4. The fourth-order valence-corrected chi connectivity index (χ4v) is 3.06. The first-order valence-corrected chi connectivity index (χ1v) is 7.44. The molecule has 1 aliphatic rings. The van der Waals surface area contributed by atoms with Gasteiger partial charge in [0.05, 0.1) is 5.60 Å². The van der Waals surface area contributed by atoms with Crippen molar-refractivity contribution < 1.29 is 18.3 Å². The summed E-state index contributed by atoms with van der Waals surface area (Å²) in [6, 6.07) is 3.69. The van der Waals surface area contributed by atoms with Gasteiger partial charge in [-0.25, -0.2) is 8.78 Å². The van der Waals surface area contributed by atoms with E-state index in [2.05, 4.69) is 5.32 Å². The van der Waals surface area contributed by atoms with Gasteiger partial charge in [0.15, 0.2) is 0 Å². The minimum atomic E-state index is -0.553. The van der Waals surface area contributed by atoms with Crippen molar-refractivity contribution in [2.45, 2.75) is 37.8 Å². The van der Waals surface area contributed by atoms with E-state index in [1.807, 2.05) is 14.0 Å². The molecule has 0 aliphatic carbocycles. The van der Waals surface area contributed by atoms with Crippen LogP contribution in [-0.2, 0) is 15.9 Å². The maximum absolute atomic E-state index is 13.9. The molecule has 1 unspecified atom stereocenters. The standard InChI is InChI=1S/C16H23F2NO2/c1-3-21-16(6-8-20-9-7-16)15(19-2)10-12-4-5-13(17)11-14(12)18/h4-5,11,15,19H,3,6-10H2,1-2H3. The molecule has 1 atom stereocenters. The lowest BCUT2D eigenvalue weighted by molar-refractivity contribution is -0.125. The van der Waals surface area contributed by atoms with Crippen LogP contribution in [0.1, 0.15) is 25.3 Å². The average molecular weight is 299 g/mol. The Morgan fingerprint density at radius 3 is 2.62 bits per heavy atom. The Labute approximate surface area is 124 Å². The molecular weight excluding hydrogens is 276 g/mol. The van der Waals surface area contributed by atoms with E-state index < -0.39 is 11.6 Å². The number of benzene rings is 1. The summed E-state index contributed by atoms with van der Waals surface area (Å²) < 4.78 is 38.4. The van der Waals surface area contributed by atoms with Crippen LogP contribution in [0.5, 0.6) is 0 Å². The molecule has 1 aliphatic heterocycles. The number of likely N-dealkylation sites (N-methyl/N-ethyl adjacent to an activating group) is 1. The smallest absolute Gasteiger partial charge is 0.129 e. The van der Waals surface area contributed by atoms with Crippen LogP contribution >= 0.6 is 0 Å². The van der Waals surface area contributed by atoms with Gasteiger partial charge in [0.25, 0.3) is 0 Å². The molecule has 1 aromatic carbocycles. The van der Waals surface area contributed by atoms with E-state index >= 15 is 0 Å². The Bertz CT molecular complexity index is 456. The zero-order chi connectivity index (χ0) is 15.3. The van der Waals surface area contributed by atoms with Gasteiger partial charge in [-0.15, -0.1) is 0 Å². The van der Waals surface area contributed by atoms with Crippen LogP contribution in [0.4, 0.5) is 8.78 Å². The summed E-state index contributed by atoms with van der Waals surface area (Å²) in [6.45, 7) is 3.85. The fraction of sp³-hybridized carbons (Fsp3) is 0.625. The Morgan fingerprint density at radius 1 is 1.33 bits per heavy atom. The zero-order valence-corrected chi connectivity index (χ0v) is 12.6. The average Bonchev–Trinajstić information content (AvgIpc) is 2.47. The third kappa shape index (κ3) is 3.78. The highest BCUT2D eigenvalue weighted by Crippen LogP contribution is 2.31. The second-order valence-corrected chi connectivity index (χ2v) is 5.39. The Morgan fingerprint density at radius 2 is 2.05 bits per heavy atom. The lowest BCUT2D eigenvalue weighted by atomic mass is 9.82. The molecule has 0 aromatic heterocycles. The molecule has 1 N–H and O–H groups in total. The van der Waals surface area contributed by atoms with Crippen molar-refractivity contribution in [3.63, 3.8) is 0 Å². The second kappa shape index (κ2) is 7.29. The molecule has 0 amide bonds. The fourth-order valence-electron chi connectivity index (χ4n) is 3.06. The van der Waals surface area contributed by atoms with Gasteiger partial charge in [0.1, 0.15) is 11.6 Å². The molecule has 0 spiro atoms. The van der Waals surface area contributed by atoms with Crippen molar-refractivity contribution in [3.8, 4) is 0 Å². The van der Waals surface area contributed by atoms with Crippen LogP contribution in [-0.4, -0.2) is 38.5 Å². The summed E-state index contributed by atoms with van der Waals surface area (Å²) in [5.41, 5.74) is 0.143. The van der Waals surface area contributed by atoms with E-state index in [1.165, 1.54) is 12.1 Å². The van der Waals surface area contributed by atoms with E-state index in [4.69, 9.17) is 9.47 Å². The number of hydrogen-bond donors (Lipinski definition) is 1. The van der Waals surface area contributed by atoms with Gasteiger partial charge < -0.3 is 14.8 Å². The van der Waals surface area contributed by atoms with Crippen molar-refractivity contribution in [3.05, 3.63) is 35.4 Å². The predicted octanol–water partition coefficient (Wildman–Crippen LogP) is 2.68. The van der Waals surface area contributed by atoms with Gasteiger partial charge in [-0.1, -0.05) is 6.07 Å². The summed E-state index contributed by atoms with van der Waals surface area (Å²) in [7, 11) is 1.85. The number of halogens is 2. The molecule has 1 fully saturated rings. The molecule has 0 bridgehead atoms. The number of ether oxygens (including phenoxy) is 2. The highest BCUT2D eigenvalue weighted by atomic mass is 19.1. The largest absolute Gasteiger partial charge is 0.381 e. The van der Waals surface area contributed by atoms with Crippen LogP contribution in [0.3, 0.4) is 0 Å². The molecule has 0 saturated carbocycles. The summed E-state index contributed by atoms with van der Waals surface area (Å²) in [5, 5.41) is 3.25. The second-order valence-electron chi connectivity index (χ2n) is 5.39. The Hall–Kier alpha value is -1.04. The van der Waals surface area contributed by atoms with Crippen molar-refractivity contribution in [2.24, 2.45) is 0 Å². The zero-order valence-electron chi connectivity index (χ0n) is 12.6. The highest BCUT2D eigenvalue weighted by molar-refractivity contribution is 5.21. The van der Waals surface area contributed by atoms with Crippen molar-refractivity contribution in [2.75, 3.05) is 26.9 Å². The van der Waals surface area contributed by atoms with Crippen LogP contribution in [0.2, 0.25) is 0 Å². The SMILES string of the molecule is CCOC1(C(Cc2ccc(F)cc2F)NC)CCOCC1. The minimum Gasteiger partial charge on any atom is -0.381 e. The van der Waals surface area contributed by atoms with E-state index in [0.29, 0.717) is 31.8 Å². The first-order chi connectivity index (χ1) is 10.1. The predicted molar refractivity (Wildman–Crippen MR) is 77.3 cm³/mol. The molecule has 1 saturated heterocycles. The van der Waals surface area contributed by atoms with Gasteiger partial charge in [0, 0.05) is 44.8 Å². The lowest BCUT2D eigenvalue weighted by Gasteiger charge is -2.43. The van der Waals surface area contributed by atoms with Gasteiger partial charge in [-0.05, 0) is 32.0 Å². The van der Waals surface area contributed by atoms with Gasteiger partial charge in [0.2, 0.25) is 0 Å². The maximum Gasteiger partial charge on any atom is 0.129 e. The quantitative estimate of drug-likeness (QED) is 0.876. The first kappa shape index (κ1) is 16.3. The van der Waals surface area contributed by atoms with Crippen LogP contribution in [0.15, 0.2) is 18.2 Å². The van der Waals surface area contributed by atoms with Gasteiger partial charge in [-0.2, -0.15) is 0 Å². The van der Waals surface area contributed by atoms with E-state index in [0.717, 1.165) is 18.9 Å². The van der Waals surface area contributed by atoms with Gasteiger partial charge >= 0.3 is 0 Å².